The first-order valence-electron chi connectivity index (χ1n) is 7.04. The highest BCUT2D eigenvalue weighted by atomic mass is 35.5. The lowest BCUT2D eigenvalue weighted by molar-refractivity contribution is -0.122. The van der Waals surface area contributed by atoms with E-state index in [4.69, 9.17) is 5.73 Å². The summed E-state index contributed by atoms with van der Waals surface area (Å²) < 4.78 is 26.1. The minimum atomic E-state index is -0.641. The van der Waals surface area contributed by atoms with Crippen molar-refractivity contribution in [3.8, 4) is 0 Å². The molecule has 1 fully saturated rings. The molecular weight excluding hydrogens is 312 g/mol. The number of amides is 1. The number of hydrogen-bond donors (Lipinski definition) is 2. The number of nitrogens with zero attached hydrogens (tertiary/aromatic N) is 1. The predicted molar refractivity (Wildman–Crippen MR) is 83.7 cm³/mol. The van der Waals surface area contributed by atoms with Gasteiger partial charge in [0.1, 0.15) is 11.6 Å². The average Bonchev–Trinajstić information content (AvgIpc) is 2.78. The summed E-state index contributed by atoms with van der Waals surface area (Å²) in [4.78, 5) is 13.9. The highest BCUT2D eigenvalue weighted by Gasteiger charge is 2.32. The van der Waals surface area contributed by atoms with Gasteiger partial charge in [-0.2, -0.15) is 0 Å². The first-order valence-corrected chi connectivity index (χ1v) is 7.04. The molecule has 0 aromatic heterocycles. The van der Waals surface area contributed by atoms with Crippen LogP contribution in [0.1, 0.15) is 18.9 Å². The molecule has 0 spiro atoms. The predicted octanol–water partition coefficient (Wildman–Crippen LogP) is 1.67. The molecule has 1 atom stereocenters. The Morgan fingerprint density at radius 1 is 1.36 bits per heavy atom. The summed E-state index contributed by atoms with van der Waals surface area (Å²) in [7, 11) is 0. The van der Waals surface area contributed by atoms with Crippen LogP contribution in [0.25, 0.3) is 0 Å². The van der Waals surface area contributed by atoms with Crippen LogP contribution in [0, 0.1) is 17.0 Å². The van der Waals surface area contributed by atoms with Crippen LogP contribution < -0.4 is 11.1 Å². The van der Waals surface area contributed by atoms with Gasteiger partial charge in [0.15, 0.2) is 0 Å². The Balaban J connectivity index is 0.00000242. The van der Waals surface area contributed by atoms with Crippen LogP contribution in [0.3, 0.4) is 0 Å². The number of nitrogens with two attached hydrogens (primary N) is 1. The van der Waals surface area contributed by atoms with Gasteiger partial charge in [-0.25, -0.2) is 8.78 Å². The molecule has 22 heavy (non-hydrogen) atoms. The van der Waals surface area contributed by atoms with E-state index in [0.29, 0.717) is 12.1 Å². The van der Waals surface area contributed by atoms with Gasteiger partial charge in [0.25, 0.3) is 0 Å². The smallest absolute Gasteiger partial charge is 0.234 e. The van der Waals surface area contributed by atoms with E-state index in [1.165, 1.54) is 12.1 Å². The van der Waals surface area contributed by atoms with Gasteiger partial charge in [-0.3, -0.25) is 9.69 Å². The maximum atomic E-state index is 13.0. The van der Waals surface area contributed by atoms with Crippen molar-refractivity contribution in [2.24, 2.45) is 11.1 Å². The fraction of sp³-hybridized carbons (Fsp3) is 0.533. The largest absolute Gasteiger partial charge is 0.351 e. The summed E-state index contributed by atoms with van der Waals surface area (Å²) in [5.41, 5.74) is 6.21. The van der Waals surface area contributed by atoms with Gasteiger partial charge in [0.05, 0.1) is 6.54 Å². The lowest BCUT2D eigenvalue weighted by Crippen LogP contribution is -2.38. The van der Waals surface area contributed by atoms with Crippen LogP contribution in [0.2, 0.25) is 0 Å². The van der Waals surface area contributed by atoms with Crippen molar-refractivity contribution in [1.82, 2.24) is 10.2 Å². The molecule has 1 saturated heterocycles. The van der Waals surface area contributed by atoms with Crippen molar-refractivity contribution in [2.75, 3.05) is 26.2 Å². The zero-order chi connectivity index (χ0) is 15.5. The molecule has 1 aliphatic heterocycles. The number of benzene rings is 1. The summed E-state index contributed by atoms with van der Waals surface area (Å²) in [6.07, 6.45) is 0.978. The Morgan fingerprint density at radius 2 is 2.00 bits per heavy atom. The van der Waals surface area contributed by atoms with Crippen LogP contribution in [-0.4, -0.2) is 37.0 Å². The second-order valence-corrected chi connectivity index (χ2v) is 6.03. The normalized spacial score (nSPS) is 21.5. The molecule has 1 amide bonds. The molecule has 0 aliphatic carbocycles. The van der Waals surface area contributed by atoms with Gasteiger partial charge in [0, 0.05) is 19.2 Å². The molecule has 0 bridgehead atoms. The summed E-state index contributed by atoms with van der Waals surface area (Å²) >= 11 is 0. The Hall–Kier alpha value is -1.24. The minimum absolute atomic E-state index is 0. The number of hydrogen-bond acceptors (Lipinski definition) is 3. The molecule has 4 nitrogen and oxygen atoms in total. The maximum Gasteiger partial charge on any atom is 0.234 e. The maximum absolute atomic E-state index is 13.0. The summed E-state index contributed by atoms with van der Waals surface area (Å²) in [5, 5.41) is 2.68. The lowest BCUT2D eigenvalue weighted by Gasteiger charge is -2.22. The molecule has 2 rings (SSSR count). The van der Waals surface area contributed by atoms with Crippen molar-refractivity contribution in [3.05, 3.63) is 35.4 Å². The van der Waals surface area contributed by atoms with Gasteiger partial charge < -0.3 is 11.1 Å². The highest BCUT2D eigenvalue weighted by molar-refractivity contribution is 5.85. The van der Waals surface area contributed by atoms with E-state index in [9.17, 15) is 13.6 Å². The number of nitrogens with one attached hydrogen (secondary N) is 1. The monoisotopic (exact) mass is 333 g/mol. The third-order valence-corrected chi connectivity index (χ3v) is 3.91. The molecule has 124 valence electrons. The van der Waals surface area contributed by atoms with Crippen molar-refractivity contribution in [2.45, 2.75) is 19.9 Å². The van der Waals surface area contributed by atoms with E-state index in [0.717, 1.165) is 25.6 Å². The van der Waals surface area contributed by atoms with Gasteiger partial charge in [-0.15, -0.1) is 12.4 Å². The van der Waals surface area contributed by atoms with Gasteiger partial charge in [-0.1, -0.05) is 6.92 Å². The number of likely N-dealkylation sites (tertiary alicyclic amines) is 1. The number of rotatable bonds is 5. The van der Waals surface area contributed by atoms with Crippen LogP contribution in [-0.2, 0) is 11.3 Å². The molecule has 1 unspecified atom stereocenters. The van der Waals surface area contributed by atoms with Gasteiger partial charge in [-0.05, 0) is 42.6 Å². The second kappa shape index (κ2) is 7.85. The average molecular weight is 334 g/mol. The number of halogens is 3. The minimum Gasteiger partial charge on any atom is -0.351 e. The van der Waals surface area contributed by atoms with E-state index in [2.05, 4.69) is 12.2 Å². The van der Waals surface area contributed by atoms with E-state index >= 15 is 0 Å². The van der Waals surface area contributed by atoms with E-state index in [-0.39, 0.29) is 36.8 Å². The van der Waals surface area contributed by atoms with Crippen LogP contribution >= 0.6 is 12.4 Å². The van der Waals surface area contributed by atoms with Crippen molar-refractivity contribution >= 4 is 18.3 Å². The molecule has 0 saturated carbocycles. The molecule has 3 N–H and O–H groups in total. The fourth-order valence-corrected chi connectivity index (χ4v) is 2.60. The topological polar surface area (TPSA) is 58.4 Å². The van der Waals surface area contributed by atoms with E-state index < -0.39 is 11.6 Å². The zero-order valence-corrected chi connectivity index (χ0v) is 13.4. The third kappa shape index (κ3) is 5.19. The first-order chi connectivity index (χ1) is 9.90. The van der Waals surface area contributed by atoms with Gasteiger partial charge in [0.2, 0.25) is 5.91 Å². The second-order valence-electron chi connectivity index (χ2n) is 6.03. The van der Waals surface area contributed by atoms with Gasteiger partial charge >= 0.3 is 0 Å². The lowest BCUT2D eigenvalue weighted by atomic mass is 9.90. The summed E-state index contributed by atoms with van der Waals surface area (Å²) in [6, 6.07) is 3.23. The highest BCUT2D eigenvalue weighted by Crippen LogP contribution is 2.27. The van der Waals surface area contributed by atoms with Crippen LogP contribution in [0.5, 0.6) is 0 Å². The Labute approximate surface area is 135 Å². The molecular formula is C15H22ClF2N3O. The molecule has 1 aromatic rings. The third-order valence-electron chi connectivity index (χ3n) is 3.91. The van der Waals surface area contributed by atoms with Crippen LogP contribution in [0.4, 0.5) is 8.78 Å². The van der Waals surface area contributed by atoms with Crippen molar-refractivity contribution in [1.29, 1.82) is 0 Å². The standard InChI is InChI=1S/C15H21F2N3O.ClH/c1-15(9-18)2-3-20(10-15)8-14(21)19-7-11-4-12(16)6-13(17)5-11;/h4-6H,2-3,7-10,18H2,1H3,(H,19,21);1H. The summed E-state index contributed by atoms with van der Waals surface area (Å²) in [5.74, 6) is -1.43. The summed E-state index contributed by atoms with van der Waals surface area (Å²) in [6.45, 7) is 4.76. The molecule has 7 heteroatoms. The van der Waals surface area contributed by atoms with Crippen molar-refractivity contribution < 1.29 is 13.6 Å². The first kappa shape index (κ1) is 18.8. The molecule has 1 aliphatic rings. The molecule has 1 heterocycles. The number of carbonyl (C=O) groups is 1. The Kier molecular flexibility index (Phi) is 6.71. The zero-order valence-electron chi connectivity index (χ0n) is 12.6. The molecule has 1 aromatic carbocycles. The quantitative estimate of drug-likeness (QED) is 0.862. The molecule has 0 radical (unpaired) electrons. The van der Waals surface area contributed by atoms with E-state index in [1.807, 2.05) is 4.90 Å². The van der Waals surface area contributed by atoms with Crippen molar-refractivity contribution in [3.63, 3.8) is 0 Å². The Bertz CT molecular complexity index is 509. The van der Waals surface area contributed by atoms with Crippen LogP contribution in [0.15, 0.2) is 18.2 Å². The fourth-order valence-electron chi connectivity index (χ4n) is 2.60. The number of carbonyl (C=O) groups excluding carboxylic acids is 1. The Morgan fingerprint density at radius 3 is 2.55 bits per heavy atom. The SMILES string of the molecule is CC1(CN)CCN(CC(=O)NCc2cc(F)cc(F)c2)C1.Cl. The van der Waals surface area contributed by atoms with E-state index in [1.54, 1.807) is 0 Å².